The van der Waals surface area contributed by atoms with Gasteiger partial charge in [0.1, 0.15) is 0 Å². The number of nitrogens with one attached hydrogen (secondary N) is 1. The smallest absolute Gasteiger partial charge is 0.324 e. The Morgan fingerprint density at radius 3 is 2.38 bits per heavy atom. The van der Waals surface area contributed by atoms with Crippen molar-refractivity contribution in [1.29, 1.82) is 5.26 Å². The molecule has 2 rings (SSSR count). The summed E-state index contributed by atoms with van der Waals surface area (Å²) in [6.45, 7) is -0.541. The van der Waals surface area contributed by atoms with Gasteiger partial charge in [-0.2, -0.15) is 22.7 Å². The van der Waals surface area contributed by atoms with Gasteiger partial charge in [0.2, 0.25) is 15.9 Å². The number of alkyl halides is 3. The highest BCUT2D eigenvalue weighted by molar-refractivity contribution is 7.99. The number of amides is 1. The standard InChI is InChI=1S/C18H16F3N3O3S2/c1-24(29(26,27)14-8-6-13(10-22)7-9-14)11-17(25)23-15-4-2-3-5-16(15)28-12-18(19,20)21/h2-9H,11-12H2,1H3,(H,23,25). The van der Waals surface area contributed by atoms with Crippen molar-refractivity contribution in [3.05, 3.63) is 54.1 Å². The number of benzene rings is 2. The Morgan fingerprint density at radius 2 is 1.79 bits per heavy atom. The minimum atomic E-state index is -4.36. The van der Waals surface area contributed by atoms with E-state index >= 15 is 0 Å². The quantitative estimate of drug-likeness (QED) is 0.662. The molecule has 1 amide bonds. The van der Waals surface area contributed by atoms with E-state index in [1.54, 1.807) is 6.07 Å². The molecule has 0 aliphatic rings. The van der Waals surface area contributed by atoms with Gasteiger partial charge in [0.25, 0.3) is 0 Å². The zero-order valence-electron chi connectivity index (χ0n) is 15.1. The summed E-state index contributed by atoms with van der Waals surface area (Å²) in [5, 5.41) is 11.2. The normalized spacial score (nSPS) is 11.9. The summed E-state index contributed by atoms with van der Waals surface area (Å²) in [6.07, 6.45) is -4.36. The molecule has 0 unspecified atom stereocenters. The van der Waals surface area contributed by atoms with Crippen molar-refractivity contribution in [3.8, 4) is 6.07 Å². The summed E-state index contributed by atoms with van der Waals surface area (Å²) in [7, 11) is -2.78. The molecule has 1 N–H and O–H groups in total. The summed E-state index contributed by atoms with van der Waals surface area (Å²) in [6, 6.07) is 13.0. The first-order chi connectivity index (χ1) is 13.5. The lowest BCUT2D eigenvalue weighted by Crippen LogP contribution is -2.35. The van der Waals surface area contributed by atoms with Crippen LogP contribution in [0.25, 0.3) is 0 Å². The van der Waals surface area contributed by atoms with E-state index in [4.69, 9.17) is 5.26 Å². The summed E-state index contributed by atoms with van der Waals surface area (Å²) < 4.78 is 63.2. The van der Waals surface area contributed by atoms with Crippen LogP contribution in [-0.2, 0) is 14.8 Å². The summed E-state index contributed by atoms with van der Waals surface area (Å²) in [5.74, 6) is -1.82. The fraction of sp³-hybridized carbons (Fsp3) is 0.222. The van der Waals surface area contributed by atoms with Crippen LogP contribution in [0, 0.1) is 11.3 Å². The highest BCUT2D eigenvalue weighted by Crippen LogP contribution is 2.32. The number of halogens is 3. The summed E-state index contributed by atoms with van der Waals surface area (Å²) >= 11 is 0.523. The van der Waals surface area contributed by atoms with Gasteiger partial charge in [-0.25, -0.2) is 8.42 Å². The maximum absolute atomic E-state index is 12.5. The number of nitriles is 1. The fourth-order valence-corrected chi connectivity index (χ4v) is 4.11. The van der Waals surface area contributed by atoms with Crippen molar-refractivity contribution in [2.24, 2.45) is 0 Å². The largest absolute Gasteiger partial charge is 0.398 e. The van der Waals surface area contributed by atoms with Crippen molar-refractivity contribution in [1.82, 2.24) is 4.31 Å². The molecule has 0 aliphatic heterocycles. The first-order valence-electron chi connectivity index (χ1n) is 8.08. The highest BCUT2D eigenvalue weighted by atomic mass is 32.2. The second-order valence-corrected chi connectivity index (χ2v) is 8.91. The lowest BCUT2D eigenvalue weighted by molar-refractivity contribution is -0.116. The van der Waals surface area contributed by atoms with Gasteiger partial charge in [-0.1, -0.05) is 12.1 Å². The Hall–Kier alpha value is -2.55. The van der Waals surface area contributed by atoms with Crippen LogP contribution < -0.4 is 5.32 Å². The second-order valence-electron chi connectivity index (χ2n) is 5.85. The molecular formula is C18H16F3N3O3S2. The molecule has 0 bridgehead atoms. The lowest BCUT2D eigenvalue weighted by Gasteiger charge is -2.18. The van der Waals surface area contributed by atoms with Gasteiger partial charge in [0, 0.05) is 11.9 Å². The predicted octanol–water partition coefficient (Wildman–Crippen LogP) is 3.47. The number of anilines is 1. The molecular weight excluding hydrogens is 427 g/mol. The summed E-state index contributed by atoms with van der Waals surface area (Å²) in [5.41, 5.74) is 0.452. The van der Waals surface area contributed by atoms with E-state index in [9.17, 15) is 26.4 Å². The number of para-hydroxylation sites is 1. The van der Waals surface area contributed by atoms with Crippen molar-refractivity contribution in [2.75, 3.05) is 24.7 Å². The Bertz CT molecular complexity index is 1020. The van der Waals surface area contributed by atoms with E-state index in [1.165, 1.54) is 49.5 Å². The molecule has 11 heteroatoms. The van der Waals surface area contributed by atoms with E-state index in [1.807, 2.05) is 6.07 Å². The van der Waals surface area contributed by atoms with Crippen molar-refractivity contribution >= 4 is 33.4 Å². The number of hydrogen-bond donors (Lipinski definition) is 1. The number of hydrogen-bond acceptors (Lipinski definition) is 5. The van der Waals surface area contributed by atoms with E-state index < -0.39 is 34.4 Å². The van der Waals surface area contributed by atoms with Crippen LogP contribution in [-0.4, -0.2) is 44.2 Å². The Morgan fingerprint density at radius 1 is 1.17 bits per heavy atom. The van der Waals surface area contributed by atoms with Gasteiger partial charge < -0.3 is 5.32 Å². The molecule has 0 heterocycles. The average molecular weight is 443 g/mol. The number of likely N-dealkylation sites (N-methyl/N-ethyl adjacent to an activating group) is 1. The van der Waals surface area contributed by atoms with Gasteiger partial charge in [-0.3, -0.25) is 4.79 Å². The van der Waals surface area contributed by atoms with E-state index in [2.05, 4.69) is 5.32 Å². The van der Waals surface area contributed by atoms with E-state index in [-0.39, 0.29) is 21.0 Å². The van der Waals surface area contributed by atoms with Crippen LogP contribution in [0.1, 0.15) is 5.56 Å². The molecule has 29 heavy (non-hydrogen) atoms. The van der Waals surface area contributed by atoms with Crippen molar-refractivity contribution < 1.29 is 26.4 Å². The van der Waals surface area contributed by atoms with Crippen LogP contribution in [0.3, 0.4) is 0 Å². The van der Waals surface area contributed by atoms with Gasteiger partial charge in [-0.05, 0) is 36.4 Å². The second kappa shape index (κ2) is 9.30. The molecule has 0 saturated heterocycles. The molecule has 0 fully saturated rings. The Labute approximate surface area is 170 Å². The summed E-state index contributed by atoms with van der Waals surface area (Å²) in [4.78, 5) is 12.4. The van der Waals surface area contributed by atoms with Gasteiger partial charge >= 0.3 is 6.18 Å². The van der Waals surface area contributed by atoms with Crippen LogP contribution in [0.5, 0.6) is 0 Å². The third-order valence-electron chi connectivity index (χ3n) is 3.61. The number of carbonyl (C=O) groups is 1. The Balaban J connectivity index is 2.07. The highest BCUT2D eigenvalue weighted by Gasteiger charge is 2.28. The zero-order chi connectivity index (χ0) is 21.7. The van der Waals surface area contributed by atoms with Gasteiger partial charge in [-0.15, -0.1) is 11.8 Å². The number of rotatable bonds is 7. The van der Waals surface area contributed by atoms with Crippen LogP contribution >= 0.6 is 11.8 Å². The van der Waals surface area contributed by atoms with Crippen LogP contribution in [0.2, 0.25) is 0 Å². The molecule has 0 radical (unpaired) electrons. The minimum Gasteiger partial charge on any atom is -0.324 e. The third kappa shape index (κ3) is 6.49. The zero-order valence-corrected chi connectivity index (χ0v) is 16.7. The molecule has 2 aromatic rings. The molecule has 0 aromatic heterocycles. The SMILES string of the molecule is CN(CC(=O)Nc1ccccc1SCC(F)(F)F)S(=O)(=O)c1ccc(C#N)cc1. The first kappa shape index (κ1) is 22.7. The molecule has 154 valence electrons. The van der Waals surface area contributed by atoms with Crippen LogP contribution in [0.4, 0.5) is 18.9 Å². The number of sulfonamides is 1. The van der Waals surface area contributed by atoms with Crippen LogP contribution in [0.15, 0.2) is 58.3 Å². The molecule has 0 atom stereocenters. The monoisotopic (exact) mass is 443 g/mol. The number of thioether (sulfide) groups is 1. The van der Waals surface area contributed by atoms with Crippen molar-refractivity contribution in [3.63, 3.8) is 0 Å². The molecule has 2 aromatic carbocycles. The van der Waals surface area contributed by atoms with E-state index in [0.717, 1.165) is 4.31 Å². The fourth-order valence-electron chi connectivity index (χ4n) is 2.21. The topological polar surface area (TPSA) is 90.3 Å². The lowest BCUT2D eigenvalue weighted by atomic mass is 10.2. The predicted molar refractivity (Wildman–Crippen MR) is 103 cm³/mol. The molecule has 0 aliphatic carbocycles. The number of nitrogens with zero attached hydrogens (tertiary/aromatic N) is 2. The maximum atomic E-state index is 12.5. The maximum Gasteiger partial charge on any atom is 0.398 e. The molecule has 0 spiro atoms. The molecule has 6 nitrogen and oxygen atoms in total. The molecule has 0 saturated carbocycles. The Kier molecular flexibility index (Phi) is 7.29. The van der Waals surface area contributed by atoms with Crippen molar-refractivity contribution in [2.45, 2.75) is 16.0 Å². The minimum absolute atomic E-state index is 0.0899. The van der Waals surface area contributed by atoms with Gasteiger partial charge in [0.05, 0.1) is 34.5 Å². The third-order valence-corrected chi connectivity index (χ3v) is 6.57. The number of carbonyl (C=O) groups excluding carboxylic acids is 1. The average Bonchev–Trinajstić information content (AvgIpc) is 2.66. The van der Waals surface area contributed by atoms with Gasteiger partial charge in [0.15, 0.2) is 0 Å². The first-order valence-corrected chi connectivity index (χ1v) is 10.5. The van der Waals surface area contributed by atoms with E-state index in [0.29, 0.717) is 11.8 Å².